The van der Waals surface area contributed by atoms with E-state index in [4.69, 9.17) is 0 Å². The molecule has 0 fully saturated rings. The lowest BCUT2D eigenvalue weighted by molar-refractivity contribution is -0.116. The second kappa shape index (κ2) is 5.06. The van der Waals surface area contributed by atoms with Crippen molar-refractivity contribution in [3.8, 4) is 0 Å². The predicted octanol–water partition coefficient (Wildman–Crippen LogP) is 3.92. The van der Waals surface area contributed by atoms with E-state index in [1.807, 2.05) is 12.1 Å². The maximum Gasteiger partial charge on any atom is 0.147 e. The van der Waals surface area contributed by atoms with Crippen molar-refractivity contribution in [3.63, 3.8) is 0 Å². The van der Waals surface area contributed by atoms with Crippen molar-refractivity contribution in [2.75, 3.05) is 0 Å². The van der Waals surface area contributed by atoms with Gasteiger partial charge in [0, 0.05) is 7.14 Å². The van der Waals surface area contributed by atoms with Crippen molar-refractivity contribution in [2.45, 2.75) is 11.8 Å². The normalized spacial score (nSPS) is 12.6. The smallest absolute Gasteiger partial charge is 0.147 e. The third-order valence-electron chi connectivity index (χ3n) is 1.59. The van der Waals surface area contributed by atoms with Crippen LogP contribution in [0.2, 0.25) is 0 Å². The number of hydrogen-bond donors (Lipinski definition) is 0. The summed E-state index contributed by atoms with van der Waals surface area (Å²) >= 11 is 7.87. The Morgan fingerprint density at radius 3 is 2.54 bits per heavy atom. The zero-order valence-corrected chi connectivity index (χ0v) is 12.8. The van der Waals surface area contributed by atoms with Crippen LogP contribution >= 0.6 is 61.1 Å². The Kier molecular flexibility index (Phi) is 4.64. The van der Waals surface area contributed by atoms with Crippen LogP contribution in [0.5, 0.6) is 0 Å². The summed E-state index contributed by atoms with van der Waals surface area (Å²) in [6.45, 7) is 1.59. The lowest BCUT2D eigenvalue weighted by Gasteiger charge is -2.08. The maximum absolute atomic E-state index is 11.1. The summed E-state index contributed by atoms with van der Waals surface area (Å²) in [6, 6.07) is 6.06. The predicted molar refractivity (Wildman–Crippen MR) is 74.2 cm³/mol. The molecular formula is C9H7BrI2O. The van der Waals surface area contributed by atoms with E-state index in [2.05, 4.69) is 67.2 Å². The van der Waals surface area contributed by atoms with Gasteiger partial charge in [0.2, 0.25) is 0 Å². The number of benzene rings is 1. The molecule has 0 aromatic heterocycles. The second-order valence-electron chi connectivity index (χ2n) is 2.64. The third-order valence-corrected chi connectivity index (χ3v) is 4.34. The third kappa shape index (κ3) is 3.16. The van der Waals surface area contributed by atoms with E-state index in [0.29, 0.717) is 0 Å². The van der Waals surface area contributed by atoms with Gasteiger partial charge in [-0.05, 0) is 69.8 Å². The maximum atomic E-state index is 11.1. The molecule has 0 aliphatic heterocycles. The Balaban J connectivity index is 3.08. The number of rotatable bonds is 2. The molecule has 0 amide bonds. The lowest BCUT2D eigenvalue weighted by Crippen LogP contribution is -2.03. The fraction of sp³-hybridized carbons (Fsp3) is 0.222. The van der Waals surface area contributed by atoms with Crippen LogP contribution in [0.1, 0.15) is 17.3 Å². The highest BCUT2D eigenvalue weighted by molar-refractivity contribution is 14.1. The number of Topliss-reactive ketones (excluding diaryl/α,β-unsaturated/α-hetero) is 1. The van der Waals surface area contributed by atoms with Gasteiger partial charge in [-0.2, -0.15) is 0 Å². The summed E-state index contributed by atoms with van der Waals surface area (Å²) in [7, 11) is 0. The van der Waals surface area contributed by atoms with E-state index in [1.165, 1.54) is 3.57 Å². The monoisotopic (exact) mass is 464 g/mol. The van der Waals surface area contributed by atoms with Gasteiger partial charge in [-0.15, -0.1) is 0 Å². The van der Waals surface area contributed by atoms with Crippen LogP contribution in [0, 0.1) is 7.14 Å². The summed E-state index contributed by atoms with van der Waals surface area (Å²) in [6.07, 6.45) is 0. The van der Waals surface area contributed by atoms with Crippen molar-refractivity contribution in [3.05, 3.63) is 30.9 Å². The van der Waals surface area contributed by atoms with Crippen molar-refractivity contribution in [1.82, 2.24) is 0 Å². The Hall–Kier alpha value is 0.830. The number of halogens is 3. The Morgan fingerprint density at radius 2 is 2.08 bits per heavy atom. The fourth-order valence-corrected chi connectivity index (χ4v) is 3.67. The Labute approximate surface area is 113 Å². The first-order valence-corrected chi connectivity index (χ1v) is 6.69. The molecule has 0 saturated carbocycles. The van der Waals surface area contributed by atoms with E-state index in [1.54, 1.807) is 6.92 Å². The second-order valence-corrected chi connectivity index (χ2v) is 5.96. The average molecular weight is 465 g/mol. The Bertz CT molecular complexity index is 338. The van der Waals surface area contributed by atoms with Crippen LogP contribution in [-0.4, -0.2) is 5.78 Å². The molecule has 4 heteroatoms. The minimum absolute atomic E-state index is 0.138. The van der Waals surface area contributed by atoms with Crippen LogP contribution in [0.4, 0.5) is 0 Å². The molecule has 0 saturated heterocycles. The number of hydrogen-bond acceptors (Lipinski definition) is 1. The summed E-state index contributed by atoms with van der Waals surface area (Å²) in [5.74, 6) is 0.138. The van der Waals surface area contributed by atoms with Gasteiger partial charge in [-0.25, -0.2) is 0 Å². The average Bonchev–Trinajstić information content (AvgIpc) is 2.03. The van der Waals surface area contributed by atoms with E-state index < -0.39 is 0 Å². The molecule has 0 spiro atoms. The largest absolute Gasteiger partial charge is 0.298 e. The molecule has 1 unspecified atom stereocenters. The molecule has 1 aromatic rings. The van der Waals surface area contributed by atoms with Crippen molar-refractivity contribution < 1.29 is 4.79 Å². The molecule has 1 aromatic carbocycles. The summed E-state index contributed by atoms with van der Waals surface area (Å²) in [5, 5.41) is 0. The molecule has 0 aliphatic carbocycles. The first-order chi connectivity index (χ1) is 6.02. The number of carbonyl (C=O) groups is 1. The lowest BCUT2D eigenvalue weighted by atomic mass is 10.1. The van der Waals surface area contributed by atoms with Crippen LogP contribution in [-0.2, 0) is 4.79 Å². The SMILES string of the molecule is CC(=O)C(Br)c1ccc(I)cc1I. The first-order valence-electron chi connectivity index (χ1n) is 3.62. The van der Waals surface area contributed by atoms with Crippen LogP contribution in [0.25, 0.3) is 0 Å². The highest BCUT2D eigenvalue weighted by atomic mass is 127. The van der Waals surface area contributed by atoms with Gasteiger partial charge in [0.15, 0.2) is 0 Å². The van der Waals surface area contributed by atoms with E-state index in [-0.39, 0.29) is 10.6 Å². The summed E-state index contributed by atoms with van der Waals surface area (Å²) in [5.41, 5.74) is 1.05. The molecule has 13 heavy (non-hydrogen) atoms. The molecule has 0 aliphatic rings. The number of alkyl halides is 1. The molecule has 1 atom stereocenters. The highest BCUT2D eigenvalue weighted by Gasteiger charge is 2.15. The molecule has 0 heterocycles. The Morgan fingerprint density at radius 1 is 1.46 bits per heavy atom. The van der Waals surface area contributed by atoms with Gasteiger partial charge in [0.05, 0.1) is 4.83 Å². The van der Waals surface area contributed by atoms with Gasteiger partial charge in [-0.1, -0.05) is 22.0 Å². The van der Waals surface area contributed by atoms with Crippen LogP contribution < -0.4 is 0 Å². The first kappa shape index (κ1) is 11.9. The fourth-order valence-electron chi connectivity index (χ4n) is 0.926. The zero-order valence-electron chi connectivity index (χ0n) is 6.85. The molecule has 1 nitrogen and oxygen atoms in total. The van der Waals surface area contributed by atoms with E-state index in [9.17, 15) is 4.79 Å². The van der Waals surface area contributed by atoms with Gasteiger partial charge in [0.1, 0.15) is 5.78 Å². The van der Waals surface area contributed by atoms with Gasteiger partial charge in [0.25, 0.3) is 0 Å². The standard InChI is InChI=1S/C9H7BrI2O/c1-5(13)9(10)7-3-2-6(11)4-8(7)12/h2-4,9H,1H3. The summed E-state index contributed by atoms with van der Waals surface area (Å²) < 4.78 is 2.32. The van der Waals surface area contributed by atoms with Gasteiger partial charge >= 0.3 is 0 Å². The molecular weight excluding hydrogens is 458 g/mol. The molecule has 0 radical (unpaired) electrons. The number of carbonyl (C=O) groups excluding carboxylic acids is 1. The van der Waals surface area contributed by atoms with E-state index >= 15 is 0 Å². The topological polar surface area (TPSA) is 17.1 Å². The van der Waals surface area contributed by atoms with Crippen molar-refractivity contribution >= 4 is 66.9 Å². The van der Waals surface area contributed by atoms with Gasteiger partial charge < -0.3 is 0 Å². The minimum Gasteiger partial charge on any atom is -0.298 e. The molecule has 0 bridgehead atoms. The molecule has 0 N–H and O–H groups in total. The zero-order chi connectivity index (χ0) is 10.0. The summed E-state index contributed by atoms with van der Waals surface area (Å²) in [4.78, 5) is 11.0. The van der Waals surface area contributed by atoms with Gasteiger partial charge in [-0.3, -0.25) is 4.79 Å². The van der Waals surface area contributed by atoms with Crippen LogP contribution in [0.15, 0.2) is 18.2 Å². The molecule has 70 valence electrons. The minimum atomic E-state index is -0.170. The highest BCUT2D eigenvalue weighted by Crippen LogP contribution is 2.28. The van der Waals surface area contributed by atoms with Crippen molar-refractivity contribution in [1.29, 1.82) is 0 Å². The molecule has 1 rings (SSSR count). The quantitative estimate of drug-likeness (QED) is 0.479. The number of ketones is 1. The van der Waals surface area contributed by atoms with Crippen LogP contribution in [0.3, 0.4) is 0 Å². The van der Waals surface area contributed by atoms with E-state index in [0.717, 1.165) is 9.13 Å². The van der Waals surface area contributed by atoms with Crippen molar-refractivity contribution in [2.24, 2.45) is 0 Å².